The van der Waals surface area contributed by atoms with E-state index < -0.39 is 11.9 Å². The van der Waals surface area contributed by atoms with Crippen LogP contribution in [0.5, 0.6) is 17.2 Å². The average Bonchev–Trinajstić information content (AvgIpc) is 2.76. The van der Waals surface area contributed by atoms with Gasteiger partial charge in [0.25, 0.3) is 5.91 Å². The molecule has 0 spiro atoms. The van der Waals surface area contributed by atoms with E-state index in [0.717, 1.165) is 0 Å². The minimum Gasteiger partial charge on any atom is -0.507 e. The number of phenolic OH excluding ortho intramolecular Hbond substituents is 1. The van der Waals surface area contributed by atoms with Crippen molar-refractivity contribution in [1.29, 1.82) is 0 Å². The van der Waals surface area contributed by atoms with Gasteiger partial charge in [-0.25, -0.2) is 10.2 Å². The molecule has 7 nitrogen and oxygen atoms in total. The number of nitrogens with zero attached hydrogens (tertiary/aromatic N) is 1. The first-order valence-electron chi connectivity index (χ1n) is 9.34. The van der Waals surface area contributed by atoms with E-state index in [1.54, 1.807) is 61.5 Å². The molecule has 0 unspecified atom stereocenters. The summed E-state index contributed by atoms with van der Waals surface area (Å²) in [5.41, 5.74) is 3.41. The van der Waals surface area contributed by atoms with Crippen LogP contribution < -0.4 is 14.9 Å². The highest BCUT2D eigenvalue weighted by molar-refractivity contribution is 6.30. The number of rotatable bonds is 7. The van der Waals surface area contributed by atoms with Crippen molar-refractivity contribution in [3.05, 3.63) is 88.4 Å². The predicted molar refractivity (Wildman–Crippen MR) is 117 cm³/mol. The van der Waals surface area contributed by atoms with Gasteiger partial charge in [-0.3, -0.25) is 4.79 Å². The van der Waals surface area contributed by atoms with Gasteiger partial charge in [-0.15, -0.1) is 0 Å². The van der Waals surface area contributed by atoms with Crippen molar-refractivity contribution in [1.82, 2.24) is 5.43 Å². The van der Waals surface area contributed by atoms with Gasteiger partial charge in [0.1, 0.15) is 5.75 Å². The largest absolute Gasteiger partial charge is 0.507 e. The number of benzene rings is 3. The van der Waals surface area contributed by atoms with Crippen molar-refractivity contribution in [2.24, 2.45) is 5.10 Å². The molecule has 0 aromatic heterocycles. The Morgan fingerprint density at radius 2 is 1.81 bits per heavy atom. The zero-order valence-electron chi connectivity index (χ0n) is 16.5. The number of phenols is 1. The molecule has 0 aliphatic heterocycles. The summed E-state index contributed by atoms with van der Waals surface area (Å²) in [4.78, 5) is 24.4. The van der Waals surface area contributed by atoms with E-state index in [2.05, 4.69) is 10.5 Å². The zero-order valence-corrected chi connectivity index (χ0v) is 17.3. The maximum atomic E-state index is 12.4. The summed E-state index contributed by atoms with van der Waals surface area (Å²) in [6.45, 7) is 2.16. The molecule has 0 aliphatic carbocycles. The molecule has 1 amide bonds. The molecule has 0 heterocycles. The van der Waals surface area contributed by atoms with Crippen molar-refractivity contribution in [3.8, 4) is 17.2 Å². The molecule has 3 aromatic rings. The molecule has 158 valence electrons. The first-order valence-corrected chi connectivity index (χ1v) is 9.71. The highest BCUT2D eigenvalue weighted by atomic mass is 35.5. The number of aromatic hydroxyl groups is 1. The average molecular weight is 439 g/mol. The Labute approximate surface area is 183 Å². The van der Waals surface area contributed by atoms with Gasteiger partial charge in [-0.05, 0) is 67.1 Å². The van der Waals surface area contributed by atoms with Crippen molar-refractivity contribution in [3.63, 3.8) is 0 Å². The van der Waals surface area contributed by atoms with E-state index in [9.17, 15) is 14.7 Å². The number of esters is 1. The molecule has 0 aliphatic rings. The van der Waals surface area contributed by atoms with E-state index in [1.165, 1.54) is 18.3 Å². The van der Waals surface area contributed by atoms with Crippen LogP contribution in [0.1, 0.15) is 33.2 Å². The van der Waals surface area contributed by atoms with E-state index in [0.29, 0.717) is 28.5 Å². The molecule has 0 saturated carbocycles. The number of hydrogen-bond donors (Lipinski definition) is 2. The molecule has 31 heavy (non-hydrogen) atoms. The molecule has 0 fully saturated rings. The van der Waals surface area contributed by atoms with Gasteiger partial charge in [0, 0.05) is 5.02 Å². The number of hydrazone groups is 1. The molecule has 0 saturated heterocycles. The second kappa shape index (κ2) is 10.3. The van der Waals surface area contributed by atoms with E-state index >= 15 is 0 Å². The van der Waals surface area contributed by atoms with Crippen LogP contribution in [-0.4, -0.2) is 29.8 Å². The van der Waals surface area contributed by atoms with Gasteiger partial charge >= 0.3 is 5.97 Å². The van der Waals surface area contributed by atoms with Crippen molar-refractivity contribution in [2.75, 3.05) is 6.61 Å². The Morgan fingerprint density at radius 1 is 1.06 bits per heavy atom. The minimum atomic E-state index is -0.548. The predicted octanol–water partition coefficient (Wildman–Crippen LogP) is 4.43. The molecular weight excluding hydrogens is 420 g/mol. The van der Waals surface area contributed by atoms with Crippen LogP contribution >= 0.6 is 11.6 Å². The van der Waals surface area contributed by atoms with Crippen LogP contribution in [0.25, 0.3) is 0 Å². The number of nitrogens with one attached hydrogen (secondary N) is 1. The molecule has 2 N–H and O–H groups in total. The SMILES string of the molecule is CCOc1cc(C=NNC(=O)c2ccccc2O)ccc1OC(=O)c1ccc(Cl)cc1. The quantitative estimate of drug-likeness (QED) is 0.246. The van der Waals surface area contributed by atoms with Crippen LogP contribution in [0.15, 0.2) is 71.8 Å². The second-order valence-electron chi connectivity index (χ2n) is 6.25. The van der Waals surface area contributed by atoms with Crippen LogP contribution in [0, 0.1) is 0 Å². The molecule has 0 radical (unpaired) electrons. The Balaban J connectivity index is 1.71. The molecule has 8 heteroatoms. The second-order valence-corrected chi connectivity index (χ2v) is 6.69. The van der Waals surface area contributed by atoms with Crippen molar-refractivity contribution in [2.45, 2.75) is 6.92 Å². The van der Waals surface area contributed by atoms with Gasteiger partial charge in [0.15, 0.2) is 11.5 Å². The lowest BCUT2D eigenvalue weighted by Gasteiger charge is -2.11. The summed E-state index contributed by atoms with van der Waals surface area (Å²) in [5.74, 6) is -0.638. The van der Waals surface area contributed by atoms with Gasteiger partial charge in [0.05, 0.1) is 23.9 Å². The standard InChI is InChI=1S/C23H19ClN2O5/c1-2-30-21-13-15(14-25-26-22(28)18-5-3-4-6-19(18)27)7-12-20(21)31-23(29)16-8-10-17(24)11-9-16/h3-14,27H,2H2,1H3,(H,26,28). The normalized spacial score (nSPS) is 10.6. The number of carbonyl (C=O) groups is 2. The van der Waals surface area contributed by atoms with E-state index in [1.807, 2.05) is 0 Å². The highest BCUT2D eigenvalue weighted by Gasteiger charge is 2.13. The van der Waals surface area contributed by atoms with Crippen molar-refractivity contribution < 1.29 is 24.2 Å². The highest BCUT2D eigenvalue weighted by Crippen LogP contribution is 2.29. The number of amides is 1. The number of carbonyl (C=O) groups excluding carboxylic acids is 2. The summed E-state index contributed by atoms with van der Waals surface area (Å²) in [6.07, 6.45) is 1.41. The molecule has 0 atom stereocenters. The number of para-hydroxylation sites is 1. The molecular formula is C23H19ClN2O5. The summed E-state index contributed by atoms with van der Waals surface area (Å²) < 4.78 is 11.0. The lowest BCUT2D eigenvalue weighted by atomic mass is 10.2. The van der Waals surface area contributed by atoms with Gasteiger partial charge < -0.3 is 14.6 Å². The van der Waals surface area contributed by atoms with Gasteiger partial charge in [-0.2, -0.15) is 5.10 Å². The van der Waals surface area contributed by atoms with Gasteiger partial charge in [0.2, 0.25) is 0 Å². The summed E-state index contributed by atoms with van der Waals surface area (Å²) in [5, 5.41) is 14.1. The third-order valence-electron chi connectivity index (χ3n) is 4.08. The lowest BCUT2D eigenvalue weighted by molar-refractivity contribution is 0.0728. The maximum absolute atomic E-state index is 12.4. The minimum absolute atomic E-state index is 0.110. The van der Waals surface area contributed by atoms with E-state index in [-0.39, 0.29) is 17.1 Å². The Morgan fingerprint density at radius 3 is 2.52 bits per heavy atom. The van der Waals surface area contributed by atoms with Gasteiger partial charge in [-0.1, -0.05) is 23.7 Å². The first kappa shape index (κ1) is 21.9. The molecule has 0 bridgehead atoms. The third-order valence-corrected chi connectivity index (χ3v) is 4.33. The Bertz CT molecular complexity index is 1110. The third kappa shape index (κ3) is 5.83. The fourth-order valence-corrected chi connectivity index (χ4v) is 2.72. The number of halogens is 1. The van der Waals surface area contributed by atoms with Crippen LogP contribution in [-0.2, 0) is 0 Å². The summed E-state index contributed by atoms with van der Waals surface area (Å²) >= 11 is 5.84. The summed E-state index contributed by atoms with van der Waals surface area (Å²) in [7, 11) is 0. The lowest BCUT2D eigenvalue weighted by Crippen LogP contribution is -2.17. The van der Waals surface area contributed by atoms with Crippen LogP contribution in [0.4, 0.5) is 0 Å². The fourth-order valence-electron chi connectivity index (χ4n) is 2.59. The Hall–Kier alpha value is -3.84. The summed E-state index contributed by atoms with van der Waals surface area (Å²) in [6, 6.07) is 17.3. The van der Waals surface area contributed by atoms with Crippen molar-refractivity contribution >= 4 is 29.7 Å². The topological polar surface area (TPSA) is 97.2 Å². The fraction of sp³-hybridized carbons (Fsp3) is 0.0870. The smallest absolute Gasteiger partial charge is 0.343 e. The monoisotopic (exact) mass is 438 g/mol. The Kier molecular flexibility index (Phi) is 7.24. The first-order chi connectivity index (χ1) is 15.0. The number of hydrogen-bond acceptors (Lipinski definition) is 6. The molecule has 3 aromatic carbocycles. The van der Waals surface area contributed by atoms with E-state index in [4.69, 9.17) is 21.1 Å². The molecule has 3 rings (SSSR count). The van der Waals surface area contributed by atoms with Crippen LogP contribution in [0.2, 0.25) is 5.02 Å². The number of ether oxygens (including phenoxy) is 2. The zero-order chi connectivity index (χ0) is 22.2. The van der Waals surface area contributed by atoms with Crippen LogP contribution in [0.3, 0.4) is 0 Å². The maximum Gasteiger partial charge on any atom is 0.343 e.